The van der Waals surface area contributed by atoms with E-state index < -0.39 is 11.0 Å². The van der Waals surface area contributed by atoms with Crippen molar-refractivity contribution in [3.8, 4) is 0 Å². The lowest BCUT2D eigenvalue weighted by Crippen LogP contribution is -2.38. The van der Waals surface area contributed by atoms with Crippen molar-refractivity contribution in [2.75, 3.05) is 26.2 Å². The molecule has 0 spiro atoms. The Morgan fingerprint density at radius 3 is 2.71 bits per heavy atom. The van der Waals surface area contributed by atoms with Crippen LogP contribution < -0.4 is 0 Å². The maximum Gasteiger partial charge on any atom is 0.279 e. The van der Waals surface area contributed by atoms with E-state index in [1.807, 2.05) is 0 Å². The minimum atomic E-state index is -0.674. The molecule has 1 aliphatic heterocycles. The van der Waals surface area contributed by atoms with E-state index in [0.717, 1.165) is 25.9 Å². The van der Waals surface area contributed by atoms with Crippen molar-refractivity contribution in [1.82, 2.24) is 4.90 Å². The molecule has 0 saturated carbocycles. The largest absolute Gasteiger partial charge is 0.392 e. The molecule has 0 bridgehead atoms. The molecule has 1 aromatic rings. The van der Waals surface area contributed by atoms with Gasteiger partial charge in [0.25, 0.3) is 5.69 Å². The number of hydrogen-bond donors (Lipinski definition) is 1. The number of piperidine rings is 1. The van der Waals surface area contributed by atoms with Crippen molar-refractivity contribution in [1.29, 1.82) is 0 Å². The number of hydrogen-bond acceptors (Lipinski definition) is 6. The molecule has 7 nitrogen and oxygen atoms in total. The highest BCUT2D eigenvalue weighted by molar-refractivity contribution is 6.69. The lowest BCUT2D eigenvalue weighted by molar-refractivity contribution is -0.385. The van der Waals surface area contributed by atoms with Gasteiger partial charge in [-0.3, -0.25) is 10.1 Å². The summed E-state index contributed by atoms with van der Waals surface area (Å²) in [5.74, 6) is 0. The summed E-state index contributed by atoms with van der Waals surface area (Å²) in [6.45, 7) is 2.49. The average Bonchev–Trinajstić information content (AvgIpc) is 2.55. The summed E-state index contributed by atoms with van der Waals surface area (Å²) < 4.78 is 0. The summed E-state index contributed by atoms with van der Waals surface area (Å²) in [5, 5.41) is 24.4. The molecular formula is C15H21Cl2N3O4. The maximum absolute atomic E-state index is 10.9. The number of aliphatic hydroxyl groups is 1. The van der Waals surface area contributed by atoms with Crippen molar-refractivity contribution in [2.45, 2.75) is 25.4 Å². The van der Waals surface area contributed by atoms with Gasteiger partial charge in [-0.15, -0.1) is 12.4 Å². The number of halogens is 2. The molecule has 0 radical (unpaired) electrons. The summed E-state index contributed by atoms with van der Waals surface area (Å²) in [6, 6.07) is 6.02. The van der Waals surface area contributed by atoms with Crippen LogP contribution in [0.3, 0.4) is 0 Å². The van der Waals surface area contributed by atoms with Crippen LogP contribution in [0.5, 0.6) is 0 Å². The number of likely N-dealkylation sites (tertiary alicyclic amines) is 1. The minimum Gasteiger partial charge on any atom is -0.392 e. The Morgan fingerprint density at radius 2 is 2.04 bits per heavy atom. The lowest BCUT2D eigenvalue weighted by atomic mass is 10.1. The molecule has 1 N–H and O–H groups in total. The fourth-order valence-corrected chi connectivity index (χ4v) is 2.74. The molecule has 1 fully saturated rings. The van der Waals surface area contributed by atoms with Crippen LogP contribution in [0, 0.1) is 10.1 Å². The molecule has 2 rings (SSSR count). The first-order valence-corrected chi connectivity index (χ1v) is 7.95. The Labute approximate surface area is 151 Å². The standard InChI is InChI=1S/C15H20ClN3O4.ClH/c16-15(13-6-2-3-7-14(13)19(21)22)17-23-11-12(20)10-18-8-4-1-5-9-18;/h2-3,6-7,12,20H,1,4-5,8-11H2;1H. The molecule has 24 heavy (non-hydrogen) atoms. The first-order valence-electron chi connectivity index (χ1n) is 7.57. The molecule has 9 heteroatoms. The van der Waals surface area contributed by atoms with Crippen molar-refractivity contribution >= 4 is 34.9 Å². The van der Waals surface area contributed by atoms with Crippen LogP contribution >= 0.6 is 24.0 Å². The fraction of sp³-hybridized carbons (Fsp3) is 0.533. The van der Waals surface area contributed by atoms with Crippen LogP contribution in [0.2, 0.25) is 0 Å². The maximum atomic E-state index is 10.9. The smallest absolute Gasteiger partial charge is 0.279 e. The van der Waals surface area contributed by atoms with E-state index in [9.17, 15) is 15.2 Å². The minimum absolute atomic E-state index is 0. The van der Waals surface area contributed by atoms with Gasteiger partial charge < -0.3 is 14.8 Å². The molecule has 0 aliphatic carbocycles. The van der Waals surface area contributed by atoms with Crippen molar-refractivity contribution in [3.63, 3.8) is 0 Å². The number of oxime groups is 1. The first kappa shape index (κ1) is 20.6. The Morgan fingerprint density at radius 1 is 1.38 bits per heavy atom. The SMILES string of the molecule is Cl.O=[N+]([O-])c1ccccc1C(Cl)=NOCC(O)CN1CCCCC1. The van der Waals surface area contributed by atoms with Gasteiger partial charge in [-0.1, -0.05) is 35.3 Å². The highest BCUT2D eigenvalue weighted by Crippen LogP contribution is 2.20. The molecule has 1 atom stereocenters. The van der Waals surface area contributed by atoms with Crippen LogP contribution in [-0.2, 0) is 4.84 Å². The van der Waals surface area contributed by atoms with Crippen LogP contribution in [-0.4, -0.2) is 52.4 Å². The Bertz CT molecular complexity index is 565. The zero-order valence-corrected chi connectivity index (χ0v) is 14.7. The van der Waals surface area contributed by atoms with Crippen LogP contribution in [0.25, 0.3) is 0 Å². The monoisotopic (exact) mass is 377 g/mol. The van der Waals surface area contributed by atoms with Crippen LogP contribution in [0.4, 0.5) is 5.69 Å². The zero-order chi connectivity index (χ0) is 16.7. The second-order valence-electron chi connectivity index (χ2n) is 5.47. The van der Waals surface area contributed by atoms with E-state index >= 15 is 0 Å². The Hall–Kier alpha value is -1.41. The van der Waals surface area contributed by atoms with Gasteiger partial charge in [0.1, 0.15) is 12.7 Å². The van der Waals surface area contributed by atoms with Gasteiger partial charge in [0.2, 0.25) is 0 Å². The van der Waals surface area contributed by atoms with E-state index in [1.54, 1.807) is 12.1 Å². The van der Waals surface area contributed by atoms with Gasteiger partial charge in [-0.05, 0) is 32.0 Å². The molecule has 0 amide bonds. The van der Waals surface area contributed by atoms with E-state index in [-0.39, 0.29) is 35.4 Å². The number of nitro groups is 1. The topological polar surface area (TPSA) is 88.2 Å². The van der Waals surface area contributed by atoms with Crippen molar-refractivity contribution in [3.05, 3.63) is 39.9 Å². The number of nitro benzene ring substituents is 1. The third-order valence-corrected chi connectivity index (χ3v) is 3.92. The number of rotatable bonds is 7. The highest BCUT2D eigenvalue weighted by Gasteiger charge is 2.18. The third kappa shape index (κ3) is 6.24. The molecular weight excluding hydrogens is 357 g/mol. The Kier molecular flexibility index (Phi) is 8.99. The number of β-amino-alcohol motifs (C(OH)–C–C–N with tert-alkyl or cyclic N) is 1. The molecule has 1 aliphatic rings. The predicted molar refractivity (Wildman–Crippen MR) is 95.0 cm³/mol. The highest BCUT2D eigenvalue weighted by atomic mass is 35.5. The molecule has 1 heterocycles. The van der Waals surface area contributed by atoms with E-state index in [2.05, 4.69) is 10.1 Å². The fourth-order valence-electron chi connectivity index (χ4n) is 2.53. The predicted octanol–water partition coefficient (Wildman–Crippen LogP) is 2.78. The lowest BCUT2D eigenvalue weighted by Gasteiger charge is -2.27. The van der Waals surface area contributed by atoms with E-state index in [4.69, 9.17) is 16.4 Å². The van der Waals surface area contributed by atoms with Gasteiger partial charge >= 0.3 is 0 Å². The van der Waals surface area contributed by atoms with Crippen LogP contribution in [0.1, 0.15) is 24.8 Å². The number of nitrogens with zero attached hydrogens (tertiary/aromatic N) is 3. The third-order valence-electron chi connectivity index (χ3n) is 3.65. The van der Waals surface area contributed by atoms with Gasteiger partial charge in [0.05, 0.1) is 10.5 Å². The quantitative estimate of drug-likeness (QED) is 0.448. The molecule has 1 unspecified atom stereocenters. The second kappa shape index (κ2) is 10.5. The van der Waals surface area contributed by atoms with Gasteiger partial charge in [0.15, 0.2) is 5.17 Å². The van der Waals surface area contributed by atoms with Crippen molar-refractivity contribution in [2.24, 2.45) is 5.16 Å². The van der Waals surface area contributed by atoms with Crippen molar-refractivity contribution < 1.29 is 14.9 Å². The second-order valence-corrected chi connectivity index (χ2v) is 5.83. The molecule has 134 valence electrons. The molecule has 1 saturated heterocycles. The number of aliphatic hydroxyl groups excluding tert-OH is 1. The first-order chi connectivity index (χ1) is 11.1. The summed E-state index contributed by atoms with van der Waals surface area (Å²) >= 11 is 5.96. The molecule has 0 aromatic heterocycles. The average molecular weight is 378 g/mol. The Balaban J connectivity index is 0.00000288. The summed E-state index contributed by atoms with van der Waals surface area (Å²) in [4.78, 5) is 17.6. The van der Waals surface area contributed by atoms with Gasteiger partial charge in [-0.2, -0.15) is 0 Å². The number of benzene rings is 1. The van der Waals surface area contributed by atoms with Crippen LogP contribution in [0.15, 0.2) is 29.4 Å². The van der Waals surface area contributed by atoms with Gasteiger partial charge in [-0.25, -0.2) is 0 Å². The normalized spacial score (nSPS) is 17.0. The molecule has 1 aromatic carbocycles. The summed E-state index contributed by atoms with van der Waals surface area (Å²) in [7, 11) is 0. The number of para-hydroxylation sites is 1. The summed E-state index contributed by atoms with van der Waals surface area (Å²) in [6.07, 6.45) is 2.86. The van der Waals surface area contributed by atoms with E-state index in [1.165, 1.54) is 18.6 Å². The summed E-state index contributed by atoms with van der Waals surface area (Å²) in [5.41, 5.74) is 0.0448. The zero-order valence-electron chi connectivity index (χ0n) is 13.1. The van der Waals surface area contributed by atoms with E-state index in [0.29, 0.717) is 6.54 Å². The van der Waals surface area contributed by atoms with Gasteiger partial charge in [0, 0.05) is 12.6 Å².